The number of aromatic amines is 1. The number of nitrogens with one attached hydrogen (secondary N) is 1. The third-order valence-electron chi connectivity index (χ3n) is 1.68. The molecule has 0 radical (unpaired) electrons. The van der Waals surface area contributed by atoms with Gasteiger partial charge >= 0.3 is 10.5 Å². The summed E-state index contributed by atoms with van der Waals surface area (Å²) in [5, 5.41) is 0.608. The molecule has 8 heteroatoms. The molecule has 0 saturated carbocycles. The Kier molecular flexibility index (Phi) is 2.39. The second-order valence-corrected chi connectivity index (χ2v) is 4.40. The largest absolute Gasteiger partial charge is 0.488 e. The predicted octanol–water partition coefficient (Wildman–Crippen LogP) is 1.92. The van der Waals surface area contributed by atoms with Gasteiger partial charge in [0.05, 0.1) is 10.7 Å². The molecule has 0 aliphatic heterocycles. The van der Waals surface area contributed by atoms with Crippen molar-refractivity contribution in [2.24, 2.45) is 0 Å². The van der Waals surface area contributed by atoms with E-state index in [1.54, 1.807) is 12.3 Å². The van der Waals surface area contributed by atoms with Gasteiger partial charge in [0.1, 0.15) is 5.65 Å². The fraction of sp³-hybridized carbons (Fsp3) is 0. The first kappa shape index (κ1) is 10.4. The highest BCUT2D eigenvalue weighted by molar-refractivity contribution is 9.10. The summed E-state index contributed by atoms with van der Waals surface area (Å²) in [7, 11) is -5.03. The maximum Gasteiger partial charge on any atom is 0.488 e. The van der Waals surface area contributed by atoms with Crippen LogP contribution in [0.3, 0.4) is 0 Å². The Bertz CT molecular complexity index is 610. The van der Waals surface area contributed by atoms with Crippen LogP contribution >= 0.6 is 15.9 Å². The van der Waals surface area contributed by atoms with Gasteiger partial charge in [0.15, 0.2) is 5.75 Å². The van der Waals surface area contributed by atoms with Crippen LogP contribution in [0.4, 0.5) is 3.89 Å². The molecule has 2 heterocycles. The van der Waals surface area contributed by atoms with Crippen LogP contribution in [-0.2, 0) is 10.5 Å². The van der Waals surface area contributed by atoms with Gasteiger partial charge in [-0.2, -0.15) is 8.42 Å². The first-order valence-corrected chi connectivity index (χ1v) is 5.83. The molecule has 0 aromatic carbocycles. The molecule has 2 aromatic heterocycles. The van der Waals surface area contributed by atoms with Crippen molar-refractivity contribution in [3.63, 3.8) is 0 Å². The lowest BCUT2D eigenvalue weighted by Crippen LogP contribution is -2.02. The molecule has 15 heavy (non-hydrogen) atoms. The average molecular weight is 295 g/mol. The highest BCUT2D eigenvalue weighted by atomic mass is 79.9. The number of hydrogen-bond donors (Lipinski definition) is 1. The minimum atomic E-state index is -5.03. The zero-order valence-electron chi connectivity index (χ0n) is 7.07. The summed E-state index contributed by atoms with van der Waals surface area (Å²) in [6, 6.07) is 1.66. The number of fused-ring (bicyclic) bond motifs is 1. The molecular formula is C7H4BrFN2O3S. The van der Waals surface area contributed by atoms with Crippen LogP contribution in [-0.4, -0.2) is 18.4 Å². The molecule has 0 saturated heterocycles. The molecule has 0 fully saturated rings. The number of nitrogens with zero attached hydrogens (tertiary/aromatic N) is 1. The minimum Gasteiger partial charge on any atom is -0.355 e. The van der Waals surface area contributed by atoms with Crippen molar-refractivity contribution >= 4 is 37.5 Å². The monoisotopic (exact) mass is 294 g/mol. The van der Waals surface area contributed by atoms with Gasteiger partial charge in [0.2, 0.25) is 0 Å². The topological polar surface area (TPSA) is 72.1 Å². The van der Waals surface area contributed by atoms with E-state index >= 15 is 0 Å². The minimum absolute atomic E-state index is 0.190. The molecule has 1 N–H and O–H groups in total. The molecule has 0 unspecified atom stereocenters. The molecule has 0 aliphatic carbocycles. The van der Waals surface area contributed by atoms with Gasteiger partial charge in [-0.05, 0) is 22.0 Å². The van der Waals surface area contributed by atoms with E-state index in [4.69, 9.17) is 0 Å². The van der Waals surface area contributed by atoms with Crippen LogP contribution in [0.5, 0.6) is 5.75 Å². The maximum atomic E-state index is 12.3. The summed E-state index contributed by atoms with van der Waals surface area (Å²) >= 11 is 3.10. The molecular weight excluding hydrogens is 291 g/mol. The average Bonchev–Trinajstić information content (AvgIpc) is 2.56. The Balaban J connectivity index is 2.58. The zero-order chi connectivity index (χ0) is 11.1. The van der Waals surface area contributed by atoms with Gasteiger partial charge in [-0.3, -0.25) is 0 Å². The predicted molar refractivity (Wildman–Crippen MR) is 54.4 cm³/mol. The first-order valence-electron chi connectivity index (χ1n) is 3.73. The van der Waals surface area contributed by atoms with Gasteiger partial charge in [0, 0.05) is 11.6 Å². The fourth-order valence-corrected chi connectivity index (χ4v) is 2.07. The Morgan fingerprint density at radius 3 is 2.93 bits per heavy atom. The lowest BCUT2D eigenvalue weighted by atomic mass is 10.3. The summed E-state index contributed by atoms with van der Waals surface area (Å²) < 4.78 is 37.3. The fourth-order valence-electron chi connectivity index (χ4n) is 1.12. The number of aromatic nitrogens is 2. The van der Waals surface area contributed by atoms with E-state index in [9.17, 15) is 12.3 Å². The first-order chi connectivity index (χ1) is 6.97. The highest BCUT2D eigenvalue weighted by Crippen LogP contribution is 2.31. The van der Waals surface area contributed by atoms with Gasteiger partial charge in [-0.15, -0.1) is 0 Å². The number of pyridine rings is 1. The van der Waals surface area contributed by atoms with E-state index in [1.165, 1.54) is 0 Å². The summed E-state index contributed by atoms with van der Waals surface area (Å²) in [6.07, 6.45) is 2.73. The molecule has 0 aliphatic rings. The summed E-state index contributed by atoms with van der Waals surface area (Å²) in [5.41, 5.74) is 0.547. The van der Waals surface area contributed by atoms with Gasteiger partial charge in [0.25, 0.3) is 0 Å². The van der Waals surface area contributed by atoms with Crippen molar-refractivity contribution in [3.05, 3.63) is 22.9 Å². The van der Waals surface area contributed by atoms with E-state index in [-0.39, 0.29) is 5.75 Å². The van der Waals surface area contributed by atoms with Gasteiger partial charge in [-0.25, -0.2) is 4.98 Å². The van der Waals surface area contributed by atoms with E-state index in [0.29, 0.717) is 15.5 Å². The van der Waals surface area contributed by atoms with Crippen molar-refractivity contribution in [3.8, 4) is 5.75 Å². The van der Waals surface area contributed by atoms with Crippen LogP contribution in [0, 0.1) is 0 Å². The molecule has 5 nitrogen and oxygen atoms in total. The smallest absolute Gasteiger partial charge is 0.355 e. The summed E-state index contributed by atoms with van der Waals surface area (Å²) in [4.78, 5) is 6.66. The Labute approximate surface area is 92.8 Å². The normalized spacial score (nSPS) is 11.9. The standard InChI is InChI=1S/C7H4BrFN2O3S/c8-6-4-1-2-10-7(4)11-3-5(6)14-15(9,12)13/h1-3H,(H,10,11). The maximum absolute atomic E-state index is 12.3. The Morgan fingerprint density at radius 1 is 1.53 bits per heavy atom. The second-order valence-electron chi connectivity index (χ2n) is 2.65. The number of hydrogen-bond acceptors (Lipinski definition) is 4. The van der Waals surface area contributed by atoms with Crippen molar-refractivity contribution in [2.45, 2.75) is 0 Å². The van der Waals surface area contributed by atoms with Gasteiger partial charge < -0.3 is 9.17 Å². The van der Waals surface area contributed by atoms with Crippen molar-refractivity contribution in [2.75, 3.05) is 0 Å². The third kappa shape index (κ3) is 2.10. The zero-order valence-corrected chi connectivity index (χ0v) is 9.47. The lowest BCUT2D eigenvalue weighted by molar-refractivity contribution is 0.438. The van der Waals surface area contributed by atoms with Crippen molar-refractivity contribution in [1.82, 2.24) is 9.97 Å². The van der Waals surface area contributed by atoms with Crippen molar-refractivity contribution < 1.29 is 16.5 Å². The quantitative estimate of drug-likeness (QED) is 0.859. The van der Waals surface area contributed by atoms with Crippen molar-refractivity contribution in [1.29, 1.82) is 0 Å². The van der Waals surface area contributed by atoms with E-state index in [1.807, 2.05) is 0 Å². The van der Waals surface area contributed by atoms with E-state index in [0.717, 1.165) is 6.20 Å². The molecule has 0 bridgehead atoms. The molecule has 0 atom stereocenters. The molecule has 2 aromatic rings. The summed E-state index contributed by atoms with van der Waals surface area (Å²) in [6.45, 7) is 0. The van der Waals surface area contributed by atoms with Crippen LogP contribution < -0.4 is 4.18 Å². The number of halogens is 2. The second kappa shape index (κ2) is 3.46. The van der Waals surface area contributed by atoms with E-state index in [2.05, 4.69) is 30.1 Å². The van der Waals surface area contributed by atoms with Crippen LogP contribution in [0.25, 0.3) is 11.0 Å². The lowest BCUT2D eigenvalue weighted by Gasteiger charge is -2.02. The SMILES string of the molecule is O=S(=O)(F)Oc1cnc2[nH]ccc2c1Br. The summed E-state index contributed by atoms with van der Waals surface area (Å²) in [5.74, 6) is -0.190. The van der Waals surface area contributed by atoms with E-state index < -0.39 is 10.5 Å². The highest BCUT2D eigenvalue weighted by Gasteiger charge is 2.15. The molecule has 2 rings (SSSR count). The Hall–Kier alpha value is -1.15. The Morgan fingerprint density at radius 2 is 2.27 bits per heavy atom. The molecule has 80 valence electrons. The number of rotatable bonds is 2. The number of H-pyrrole nitrogens is 1. The third-order valence-corrected chi connectivity index (χ3v) is 2.87. The van der Waals surface area contributed by atoms with Gasteiger partial charge in [-0.1, -0.05) is 3.89 Å². The molecule has 0 amide bonds. The molecule has 0 spiro atoms. The van der Waals surface area contributed by atoms with Crippen LogP contribution in [0.1, 0.15) is 0 Å². The van der Waals surface area contributed by atoms with Crippen LogP contribution in [0.15, 0.2) is 22.9 Å². The van der Waals surface area contributed by atoms with Crippen LogP contribution in [0.2, 0.25) is 0 Å².